The molecule has 1 aliphatic heterocycles. The van der Waals surface area contributed by atoms with E-state index in [1.807, 2.05) is 47.4 Å². The third-order valence-corrected chi connectivity index (χ3v) is 9.75. The Morgan fingerprint density at radius 1 is 1.24 bits per heavy atom. The molecule has 4 rings (SSSR count). The number of nitrogens with zero attached hydrogens (tertiary/aromatic N) is 2. The lowest BCUT2D eigenvalue weighted by Gasteiger charge is -2.39. The Kier molecular flexibility index (Phi) is 10.3. The van der Waals surface area contributed by atoms with E-state index in [0.717, 1.165) is 66.9 Å². The molecule has 3 atom stereocenters. The van der Waals surface area contributed by atoms with Gasteiger partial charge in [-0.2, -0.15) is 0 Å². The first-order chi connectivity index (χ1) is 17.9. The second-order valence-corrected chi connectivity index (χ2v) is 12.7. The molecular weight excluding hydrogens is 504 g/mol. The Morgan fingerprint density at radius 2 is 2.11 bits per heavy atom. The van der Waals surface area contributed by atoms with Crippen LogP contribution in [-0.4, -0.2) is 58.6 Å². The van der Waals surface area contributed by atoms with E-state index in [9.17, 15) is 15.0 Å². The predicted octanol–water partition coefficient (Wildman–Crippen LogP) is 6.41. The number of hydrogen-bond acceptors (Lipinski definition) is 7. The number of likely N-dealkylation sites (tertiary alicyclic amines) is 1. The summed E-state index contributed by atoms with van der Waals surface area (Å²) in [5.41, 5.74) is 1.72. The van der Waals surface area contributed by atoms with Crippen LogP contribution >= 0.6 is 23.1 Å². The lowest BCUT2D eigenvalue weighted by Crippen LogP contribution is -2.41. The van der Waals surface area contributed by atoms with Crippen molar-refractivity contribution in [3.63, 3.8) is 0 Å². The quantitative estimate of drug-likeness (QED) is 0.191. The largest absolute Gasteiger partial charge is 0.497 e. The molecule has 0 radical (unpaired) electrons. The fourth-order valence-electron chi connectivity index (χ4n) is 5.42. The number of aliphatic carboxylic acids is 1. The van der Waals surface area contributed by atoms with Gasteiger partial charge in [0.25, 0.3) is 0 Å². The highest BCUT2D eigenvalue weighted by Gasteiger charge is 2.30. The number of thiophene rings is 1. The molecule has 8 heteroatoms. The van der Waals surface area contributed by atoms with Crippen molar-refractivity contribution >= 4 is 40.0 Å². The van der Waals surface area contributed by atoms with Crippen molar-refractivity contribution in [3.05, 3.63) is 53.0 Å². The number of pyridine rings is 1. The number of aromatic nitrogens is 1. The topological polar surface area (TPSA) is 82.9 Å². The second-order valence-electron chi connectivity index (χ2n) is 9.99. The number of methoxy groups -OCH3 is 1. The zero-order valence-corrected chi connectivity index (χ0v) is 23.4. The summed E-state index contributed by atoms with van der Waals surface area (Å²) < 4.78 is 6.76. The average molecular weight is 543 g/mol. The molecule has 0 amide bonds. The number of carboxylic acids is 1. The van der Waals surface area contributed by atoms with Gasteiger partial charge in [-0.3, -0.25) is 9.78 Å². The predicted molar refractivity (Wildman–Crippen MR) is 152 cm³/mol. The second kappa shape index (κ2) is 13.6. The molecule has 1 aliphatic rings. The molecule has 1 aromatic carbocycles. The van der Waals surface area contributed by atoms with Crippen LogP contribution in [0.25, 0.3) is 10.9 Å². The zero-order chi connectivity index (χ0) is 26.2. The minimum atomic E-state index is -0.726. The van der Waals surface area contributed by atoms with Gasteiger partial charge in [-0.25, -0.2) is 0 Å². The van der Waals surface area contributed by atoms with E-state index in [2.05, 4.69) is 28.9 Å². The van der Waals surface area contributed by atoms with Gasteiger partial charge in [0.15, 0.2) is 0 Å². The van der Waals surface area contributed by atoms with Crippen LogP contribution in [0.15, 0.2) is 46.8 Å². The summed E-state index contributed by atoms with van der Waals surface area (Å²) in [7, 11) is 1.64. The van der Waals surface area contributed by atoms with Crippen molar-refractivity contribution in [3.8, 4) is 5.75 Å². The number of fused-ring (bicyclic) bond motifs is 1. The third-order valence-electron chi connectivity index (χ3n) is 7.44. The number of hydrogen-bond donors (Lipinski definition) is 2. The molecular formula is C29H38N2O4S2. The Balaban J connectivity index is 1.32. The normalized spacial score (nSPS) is 19.2. The first-order valence-electron chi connectivity index (χ1n) is 13.2. The smallest absolute Gasteiger partial charge is 0.303 e. The van der Waals surface area contributed by atoms with Gasteiger partial charge < -0.3 is 19.8 Å². The SMILES string of the molecule is COc1ccc2nccc([C@@H](O)CCC3CCN(CCCSc4ccc(C)s4)CC3CCC(=O)O)c2c1. The molecule has 2 unspecified atom stereocenters. The summed E-state index contributed by atoms with van der Waals surface area (Å²) >= 11 is 3.79. The van der Waals surface area contributed by atoms with Gasteiger partial charge in [-0.15, -0.1) is 23.1 Å². The Morgan fingerprint density at radius 3 is 2.86 bits per heavy atom. The van der Waals surface area contributed by atoms with Gasteiger partial charge in [0.05, 0.1) is 22.9 Å². The number of piperidine rings is 1. The minimum absolute atomic E-state index is 0.208. The Labute approximate surface area is 228 Å². The minimum Gasteiger partial charge on any atom is -0.497 e. The molecule has 6 nitrogen and oxygen atoms in total. The maximum atomic E-state index is 11.3. The van der Waals surface area contributed by atoms with Crippen LogP contribution < -0.4 is 4.74 Å². The van der Waals surface area contributed by atoms with Gasteiger partial charge in [-0.05, 0) is 106 Å². The lowest BCUT2D eigenvalue weighted by atomic mass is 9.79. The molecule has 1 fully saturated rings. The molecule has 2 N–H and O–H groups in total. The van der Waals surface area contributed by atoms with Gasteiger partial charge in [0.1, 0.15) is 5.75 Å². The highest BCUT2D eigenvalue weighted by Crippen LogP contribution is 2.35. The Bertz CT molecular complexity index is 1170. The number of carbonyl (C=O) groups is 1. The zero-order valence-electron chi connectivity index (χ0n) is 21.8. The molecule has 37 heavy (non-hydrogen) atoms. The number of ether oxygens (including phenoxy) is 1. The highest BCUT2D eigenvalue weighted by molar-refractivity contribution is 8.01. The third kappa shape index (κ3) is 7.93. The fourth-order valence-corrected chi connectivity index (χ4v) is 7.53. The highest BCUT2D eigenvalue weighted by atomic mass is 32.2. The van der Waals surface area contributed by atoms with Crippen LogP contribution in [0.2, 0.25) is 0 Å². The van der Waals surface area contributed by atoms with Gasteiger partial charge in [0.2, 0.25) is 0 Å². The van der Waals surface area contributed by atoms with Crippen LogP contribution in [0.1, 0.15) is 55.1 Å². The molecule has 0 aliphatic carbocycles. The van der Waals surface area contributed by atoms with Gasteiger partial charge >= 0.3 is 5.97 Å². The van der Waals surface area contributed by atoms with E-state index in [0.29, 0.717) is 24.7 Å². The molecule has 3 aromatic rings. The summed E-state index contributed by atoms with van der Waals surface area (Å²) in [4.78, 5) is 19.6. The van der Waals surface area contributed by atoms with Crippen molar-refractivity contribution in [2.75, 3.05) is 32.5 Å². The maximum Gasteiger partial charge on any atom is 0.303 e. The first kappa shape index (κ1) is 27.9. The van der Waals surface area contributed by atoms with Gasteiger partial charge in [0, 0.05) is 35.2 Å². The lowest BCUT2D eigenvalue weighted by molar-refractivity contribution is -0.137. The number of rotatable bonds is 13. The van der Waals surface area contributed by atoms with Crippen LogP contribution in [-0.2, 0) is 4.79 Å². The Hall–Kier alpha value is -2.13. The molecule has 3 heterocycles. The van der Waals surface area contributed by atoms with Crippen molar-refractivity contribution in [1.29, 1.82) is 0 Å². The van der Waals surface area contributed by atoms with E-state index in [1.165, 1.54) is 9.09 Å². The van der Waals surface area contributed by atoms with Crippen molar-refractivity contribution in [2.24, 2.45) is 11.8 Å². The summed E-state index contributed by atoms with van der Waals surface area (Å²) in [6.07, 6.45) is 5.80. The number of aliphatic hydroxyl groups is 1. The number of carboxylic acid groups (broad SMARTS) is 1. The molecule has 0 spiro atoms. The number of aliphatic hydroxyl groups excluding tert-OH is 1. The van der Waals surface area contributed by atoms with Crippen LogP contribution in [0.4, 0.5) is 0 Å². The van der Waals surface area contributed by atoms with Crippen molar-refractivity contribution < 1.29 is 19.7 Å². The maximum absolute atomic E-state index is 11.3. The molecule has 1 saturated heterocycles. The number of thioether (sulfide) groups is 1. The van der Waals surface area contributed by atoms with E-state index in [4.69, 9.17) is 4.74 Å². The van der Waals surface area contributed by atoms with Crippen molar-refractivity contribution in [1.82, 2.24) is 9.88 Å². The molecule has 0 saturated carbocycles. The standard InChI is InChI=1S/C29H38N2O4S2/c1-20-4-11-29(37-20)36-17-3-15-31-16-13-21(22(19-31)6-10-28(33)34)5-9-27(32)24-12-14-30-26-8-7-23(35-2)18-25(24)26/h4,7-8,11-12,14,18,21-22,27,32H,3,5-6,9-10,13,15-17,19H2,1-2H3,(H,33,34)/t21?,22?,27-/m0/s1. The summed E-state index contributed by atoms with van der Waals surface area (Å²) in [6.45, 7) is 5.20. The number of aryl methyl sites for hydroxylation is 1. The van der Waals surface area contributed by atoms with Crippen LogP contribution in [0.5, 0.6) is 5.75 Å². The summed E-state index contributed by atoms with van der Waals surface area (Å²) in [5, 5.41) is 21.4. The van der Waals surface area contributed by atoms with Crippen LogP contribution in [0.3, 0.4) is 0 Å². The average Bonchev–Trinajstić information content (AvgIpc) is 3.33. The summed E-state index contributed by atoms with van der Waals surface area (Å²) in [6, 6.07) is 12.0. The first-order valence-corrected chi connectivity index (χ1v) is 15.0. The van der Waals surface area contributed by atoms with E-state index in [-0.39, 0.29) is 6.42 Å². The van der Waals surface area contributed by atoms with Gasteiger partial charge in [-0.1, -0.05) is 0 Å². The summed E-state index contributed by atoms with van der Waals surface area (Å²) in [5.74, 6) is 1.90. The molecule has 200 valence electrons. The molecule has 2 aromatic heterocycles. The van der Waals surface area contributed by atoms with E-state index >= 15 is 0 Å². The van der Waals surface area contributed by atoms with Crippen LogP contribution in [0, 0.1) is 18.8 Å². The fraction of sp³-hybridized carbons (Fsp3) is 0.517. The van der Waals surface area contributed by atoms with E-state index < -0.39 is 12.1 Å². The molecule has 0 bridgehead atoms. The van der Waals surface area contributed by atoms with E-state index in [1.54, 1.807) is 13.3 Å². The number of benzene rings is 1. The van der Waals surface area contributed by atoms with Crippen molar-refractivity contribution in [2.45, 2.75) is 55.8 Å². The monoisotopic (exact) mass is 542 g/mol.